The van der Waals surface area contributed by atoms with Crippen LogP contribution in [0.3, 0.4) is 0 Å². The van der Waals surface area contributed by atoms with E-state index in [4.69, 9.17) is 9.15 Å². The van der Waals surface area contributed by atoms with Gasteiger partial charge < -0.3 is 19.4 Å². The van der Waals surface area contributed by atoms with Crippen molar-refractivity contribution in [3.05, 3.63) is 52.2 Å². The van der Waals surface area contributed by atoms with Gasteiger partial charge in [-0.1, -0.05) is 18.6 Å². The maximum atomic E-state index is 13.4. The fraction of sp³-hybridized carbons (Fsp3) is 0.400. The molecule has 0 bridgehead atoms. The maximum absolute atomic E-state index is 13.4. The molecule has 156 valence electrons. The predicted octanol–water partition coefficient (Wildman–Crippen LogP) is 5.03. The number of hydrogen-bond donors (Lipinski definition) is 1. The highest BCUT2D eigenvalue weighted by Crippen LogP contribution is 2.40. The lowest BCUT2D eigenvalue weighted by Crippen LogP contribution is -2.34. The summed E-state index contributed by atoms with van der Waals surface area (Å²) in [7, 11) is 0. The van der Waals surface area contributed by atoms with E-state index in [0.717, 1.165) is 43.2 Å². The van der Waals surface area contributed by atoms with E-state index in [2.05, 4.69) is 16.3 Å². The molecular formula is C25H28N2O3. The van der Waals surface area contributed by atoms with Crippen molar-refractivity contribution in [2.45, 2.75) is 38.7 Å². The fourth-order valence-corrected chi connectivity index (χ4v) is 4.51. The molecule has 5 nitrogen and oxygen atoms in total. The first-order chi connectivity index (χ1) is 14.5. The van der Waals surface area contributed by atoms with Crippen LogP contribution in [0.4, 0.5) is 5.69 Å². The predicted molar refractivity (Wildman–Crippen MR) is 123 cm³/mol. The highest BCUT2D eigenvalue weighted by Gasteiger charge is 2.26. The second-order valence-corrected chi connectivity index (χ2v) is 8.83. The van der Waals surface area contributed by atoms with Crippen molar-refractivity contribution in [1.82, 2.24) is 4.90 Å². The van der Waals surface area contributed by atoms with Gasteiger partial charge in [-0.05, 0) is 64.1 Å². The van der Waals surface area contributed by atoms with Crippen LogP contribution in [-0.2, 0) is 0 Å². The van der Waals surface area contributed by atoms with Crippen molar-refractivity contribution in [2.75, 3.05) is 31.5 Å². The second-order valence-electron chi connectivity index (χ2n) is 8.83. The number of nitrogens with zero attached hydrogens (tertiary/aromatic N) is 1. The van der Waals surface area contributed by atoms with Crippen molar-refractivity contribution >= 4 is 33.7 Å². The molecule has 1 N–H and O–H groups in total. The normalized spacial score (nSPS) is 18.3. The fourth-order valence-electron chi connectivity index (χ4n) is 4.51. The number of para-hydroxylation sites is 1. The summed E-state index contributed by atoms with van der Waals surface area (Å²) in [6.07, 6.45) is 7.97. The SMILES string of the molecule is CC1(C)C=Cc2c(cc3oc4ccccc4c(=O)c3c2NCCN2CCCCC2)O1. The number of fused-ring (bicyclic) bond motifs is 3. The lowest BCUT2D eigenvalue weighted by Gasteiger charge is -2.30. The van der Waals surface area contributed by atoms with Crippen molar-refractivity contribution < 1.29 is 9.15 Å². The zero-order valence-electron chi connectivity index (χ0n) is 17.7. The van der Waals surface area contributed by atoms with Gasteiger partial charge in [-0.2, -0.15) is 0 Å². The molecule has 3 aromatic rings. The van der Waals surface area contributed by atoms with Gasteiger partial charge in [0.25, 0.3) is 0 Å². The Morgan fingerprint density at radius 3 is 2.73 bits per heavy atom. The number of likely N-dealkylation sites (tertiary alicyclic amines) is 1. The van der Waals surface area contributed by atoms with Crippen LogP contribution >= 0.6 is 0 Å². The van der Waals surface area contributed by atoms with Crippen LogP contribution < -0.4 is 15.5 Å². The first kappa shape index (κ1) is 19.2. The molecule has 1 fully saturated rings. The van der Waals surface area contributed by atoms with E-state index in [0.29, 0.717) is 21.9 Å². The number of nitrogens with one attached hydrogen (secondary N) is 1. The van der Waals surface area contributed by atoms with Gasteiger partial charge in [0.2, 0.25) is 5.43 Å². The third-order valence-corrected chi connectivity index (χ3v) is 6.07. The summed E-state index contributed by atoms with van der Waals surface area (Å²) in [6.45, 7) is 8.08. The molecule has 0 radical (unpaired) electrons. The molecule has 0 saturated carbocycles. The van der Waals surface area contributed by atoms with Gasteiger partial charge in [-0.3, -0.25) is 4.79 Å². The van der Waals surface area contributed by atoms with E-state index in [9.17, 15) is 4.79 Å². The van der Waals surface area contributed by atoms with Gasteiger partial charge in [-0.25, -0.2) is 0 Å². The molecule has 30 heavy (non-hydrogen) atoms. The Morgan fingerprint density at radius 1 is 1.10 bits per heavy atom. The molecule has 0 aliphatic carbocycles. The Kier molecular flexibility index (Phi) is 4.78. The first-order valence-corrected chi connectivity index (χ1v) is 10.9. The summed E-state index contributed by atoms with van der Waals surface area (Å²) in [4.78, 5) is 15.9. The van der Waals surface area contributed by atoms with Gasteiger partial charge in [0.15, 0.2) is 0 Å². The summed E-state index contributed by atoms with van der Waals surface area (Å²) in [5.41, 5.74) is 2.48. The largest absolute Gasteiger partial charge is 0.483 e. The van der Waals surface area contributed by atoms with Gasteiger partial charge >= 0.3 is 0 Å². The zero-order valence-corrected chi connectivity index (χ0v) is 17.7. The van der Waals surface area contributed by atoms with Crippen molar-refractivity contribution in [3.63, 3.8) is 0 Å². The van der Waals surface area contributed by atoms with Crippen molar-refractivity contribution in [1.29, 1.82) is 0 Å². The zero-order chi connectivity index (χ0) is 20.7. The van der Waals surface area contributed by atoms with Crippen LogP contribution in [0.1, 0.15) is 38.7 Å². The van der Waals surface area contributed by atoms with Crippen LogP contribution in [-0.4, -0.2) is 36.7 Å². The van der Waals surface area contributed by atoms with Gasteiger partial charge in [0, 0.05) is 24.7 Å². The highest BCUT2D eigenvalue weighted by atomic mass is 16.5. The molecule has 0 amide bonds. The van der Waals surface area contributed by atoms with E-state index >= 15 is 0 Å². The summed E-state index contributed by atoms with van der Waals surface area (Å²) >= 11 is 0. The smallest absolute Gasteiger partial charge is 0.202 e. The summed E-state index contributed by atoms with van der Waals surface area (Å²) in [6, 6.07) is 9.28. The molecule has 5 heteroatoms. The lowest BCUT2D eigenvalue weighted by molar-refractivity contribution is 0.159. The number of benzene rings is 2. The molecule has 2 aromatic carbocycles. The topological polar surface area (TPSA) is 54.7 Å². The standard InChI is InChI=1S/C25H28N2O3/c1-25(2)11-10-17-20(30-25)16-21-22(24(28)18-8-4-5-9-19(18)29-21)23(17)26-12-15-27-13-6-3-7-14-27/h4-5,8-11,16,26H,3,6-7,12-15H2,1-2H3. The van der Waals surface area contributed by atoms with Crippen LogP contribution in [0.2, 0.25) is 0 Å². The molecule has 1 saturated heterocycles. The minimum Gasteiger partial charge on any atom is -0.483 e. The quantitative estimate of drug-likeness (QED) is 0.618. The Balaban J connectivity index is 1.61. The molecule has 1 aromatic heterocycles. The Morgan fingerprint density at radius 2 is 1.90 bits per heavy atom. The van der Waals surface area contributed by atoms with Gasteiger partial charge in [0.1, 0.15) is 22.5 Å². The van der Waals surface area contributed by atoms with Gasteiger partial charge in [0.05, 0.1) is 16.5 Å². The summed E-state index contributed by atoms with van der Waals surface area (Å²) in [5.74, 6) is 0.744. The number of rotatable bonds is 4. The third kappa shape index (κ3) is 3.47. The van der Waals surface area contributed by atoms with E-state index < -0.39 is 5.60 Å². The molecule has 2 aliphatic rings. The van der Waals surface area contributed by atoms with E-state index in [-0.39, 0.29) is 5.43 Å². The van der Waals surface area contributed by atoms with E-state index in [1.165, 1.54) is 19.3 Å². The average molecular weight is 405 g/mol. The number of ether oxygens (including phenoxy) is 1. The highest BCUT2D eigenvalue weighted by molar-refractivity contribution is 6.02. The van der Waals surface area contributed by atoms with Crippen LogP contribution in [0.5, 0.6) is 5.75 Å². The second kappa shape index (κ2) is 7.47. The maximum Gasteiger partial charge on any atom is 0.202 e. The lowest BCUT2D eigenvalue weighted by atomic mass is 9.98. The third-order valence-electron chi connectivity index (χ3n) is 6.07. The number of piperidine rings is 1. The molecule has 5 rings (SSSR count). The van der Waals surface area contributed by atoms with Crippen molar-refractivity contribution in [2.24, 2.45) is 0 Å². The van der Waals surface area contributed by atoms with E-state index in [1.807, 2.05) is 50.3 Å². The Hall–Kier alpha value is -2.79. The monoisotopic (exact) mass is 404 g/mol. The van der Waals surface area contributed by atoms with Crippen molar-refractivity contribution in [3.8, 4) is 5.75 Å². The molecule has 0 unspecified atom stereocenters. The molecule has 3 heterocycles. The van der Waals surface area contributed by atoms with E-state index in [1.54, 1.807) is 0 Å². The molecule has 0 atom stereocenters. The molecular weight excluding hydrogens is 376 g/mol. The first-order valence-electron chi connectivity index (χ1n) is 10.9. The Labute approximate surface area is 176 Å². The summed E-state index contributed by atoms with van der Waals surface area (Å²) in [5, 5.41) is 4.76. The van der Waals surface area contributed by atoms with Crippen LogP contribution in [0, 0.1) is 0 Å². The van der Waals surface area contributed by atoms with Crippen LogP contribution in [0.25, 0.3) is 28.0 Å². The summed E-state index contributed by atoms with van der Waals surface area (Å²) < 4.78 is 12.4. The Bertz CT molecular complexity index is 1190. The number of anilines is 1. The minimum absolute atomic E-state index is 0.00615. The molecule has 2 aliphatic heterocycles. The average Bonchev–Trinajstić information content (AvgIpc) is 2.73. The number of hydrogen-bond acceptors (Lipinski definition) is 5. The van der Waals surface area contributed by atoms with Crippen LogP contribution in [0.15, 0.2) is 45.6 Å². The van der Waals surface area contributed by atoms with Gasteiger partial charge in [-0.15, -0.1) is 0 Å². The minimum atomic E-state index is -0.400. The molecule has 0 spiro atoms.